The molecular weight excluding hydrogens is 304 g/mol. The van der Waals surface area contributed by atoms with Gasteiger partial charge in [0.25, 0.3) is 5.69 Å². The molecule has 110 valence electrons. The molecule has 0 radical (unpaired) electrons. The Balaban J connectivity index is 2.18. The number of hydrogen-bond acceptors (Lipinski definition) is 4. The highest BCUT2D eigenvalue weighted by Gasteiger charge is 2.19. The van der Waals surface area contributed by atoms with Gasteiger partial charge < -0.3 is 0 Å². The molecule has 0 aliphatic heterocycles. The lowest BCUT2D eigenvalue weighted by Crippen LogP contribution is -2.07. The number of nitriles is 1. The zero-order valence-corrected chi connectivity index (χ0v) is 12.2. The van der Waals surface area contributed by atoms with E-state index in [0.717, 1.165) is 0 Å². The lowest BCUT2D eigenvalue weighted by atomic mass is 9.92. The molecule has 2 aromatic carbocycles. The monoisotopic (exact) mass is 314 g/mol. The molecule has 0 saturated carbocycles. The predicted octanol–water partition coefficient (Wildman–Crippen LogP) is 4.13. The fraction of sp³-hybridized carbons (Fsp3) is 0.125. The first-order valence-electron chi connectivity index (χ1n) is 6.44. The highest BCUT2D eigenvalue weighted by molar-refractivity contribution is 6.31. The molecule has 0 saturated heterocycles. The minimum atomic E-state index is -0.656. The van der Waals surface area contributed by atoms with Crippen LogP contribution in [0.4, 0.5) is 5.69 Å². The molecule has 0 heterocycles. The Labute approximate surface area is 131 Å². The quantitative estimate of drug-likeness (QED) is 0.472. The van der Waals surface area contributed by atoms with Gasteiger partial charge in [-0.25, -0.2) is 0 Å². The fourth-order valence-electron chi connectivity index (χ4n) is 2.06. The number of non-ortho nitro benzene ring substituents is 1. The van der Waals surface area contributed by atoms with Crippen molar-refractivity contribution in [1.82, 2.24) is 0 Å². The maximum absolute atomic E-state index is 12.2. The molecule has 0 fully saturated rings. The molecule has 22 heavy (non-hydrogen) atoms. The largest absolute Gasteiger partial charge is 0.294 e. The number of nitrogens with zero attached hydrogens (tertiary/aromatic N) is 2. The van der Waals surface area contributed by atoms with E-state index in [9.17, 15) is 20.2 Å². The van der Waals surface area contributed by atoms with Crippen LogP contribution < -0.4 is 0 Å². The number of nitro benzene ring substituents is 1. The SMILES string of the molecule is N#CC(CC(=O)c1ccc([N+](=O)[O-])cc1)c1ccccc1Cl. The van der Waals surface area contributed by atoms with Crippen LogP contribution in [0.25, 0.3) is 0 Å². The first-order chi connectivity index (χ1) is 10.5. The number of halogens is 1. The van der Waals surface area contributed by atoms with Crippen LogP contribution in [0, 0.1) is 21.4 Å². The fourth-order valence-corrected chi connectivity index (χ4v) is 2.32. The summed E-state index contributed by atoms with van der Waals surface area (Å²) in [6.07, 6.45) is -0.0297. The molecule has 2 rings (SSSR count). The van der Waals surface area contributed by atoms with E-state index in [2.05, 4.69) is 6.07 Å². The Kier molecular flexibility index (Phi) is 4.87. The summed E-state index contributed by atoms with van der Waals surface area (Å²) < 4.78 is 0. The molecule has 2 aromatic rings. The molecule has 0 amide bonds. The normalized spacial score (nSPS) is 11.5. The Hall–Kier alpha value is -2.71. The third-order valence-electron chi connectivity index (χ3n) is 3.23. The van der Waals surface area contributed by atoms with Gasteiger partial charge in [0, 0.05) is 29.1 Å². The van der Waals surface area contributed by atoms with Gasteiger partial charge in [-0.15, -0.1) is 0 Å². The van der Waals surface area contributed by atoms with E-state index in [-0.39, 0.29) is 17.9 Å². The van der Waals surface area contributed by atoms with Crippen LogP contribution in [0.1, 0.15) is 28.3 Å². The van der Waals surface area contributed by atoms with Gasteiger partial charge in [0.15, 0.2) is 5.78 Å². The number of nitro groups is 1. The third-order valence-corrected chi connectivity index (χ3v) is 3.57. The molecule has 0 aromatic heterocycles. The number of rotatable bonds is 5. The van der Waals surface area contributed by atoms with E-state index >= 15 is 0 Å². The minimum Gasteiger partial charge on any atom is -0.294 e. The molecule has 0 aliphatic rings. The van der Waals surface area contributed by atoms with Crippen molar-refractivity contribution in [2.75, 3.05) is 0 Å². The van der Waals surface area contributed by atoms with Gasteiger partial charge in [0.2, 0.25) is 0 Å². The molecular formula is C16H11ClN2O3. The third kappa shape index (κ3) is 3.48. The Morgan fingerprint density at radius 2 is 1.86 bits per heavy atom. The molecule has 0 N–H and O–H groups in total. The van der Waals surface area contributed by atoms with Gasteiger partial charge in [0.1, 0.15) is 0 Å². The Morgan fingerprint density at radius 3 is 2.41 bits per heavy atom. The van der Waals surface area contributed by atoms with Crippen LogP contribution >= 0.6 is 11.6 Å². The maximum Gasteiger partial charge on any atom is 0.269 e. The zero-order chi connectivity index (χ0) is 16.1. The number of hydrogen-bond donors (Lipinski definition) is 0. The lowest BCUT2D eigenvalue weighted by Gasteiger charge is -2.10. The minimum absolute atomic E-state index is 0.0297. The molecule has 0 bridgehead atoms. The van der Waals surface area contributed by atoms with E-state index in [1.807, 2.05) is 0 Å². The molecule has 0 aliphatic carbocycles. The summed E-state index contributed by atoms with van der Waals surface area (Å²) in [4.78, 5) is 22.3. The van der Waals surface area contributed by atoms with Crippen molar-refractivity contribution in [2.45, 2.75) is 12.3 Å². The number of benzene rings is 2. The van der Waals surface area contributed by atoms with Crippen LogP contribution in [-0.2, 0) is 0 Å². The zero-order valence-electron chi connectivity index (χ0n) is 11.4. The van der Waals surface area contributed by atoms with Crippen LogP contribution in [0.2, 0.25) is 5.02 Å². The van der Waals surface area contributed by atoms with Crippen molar-refractivity contribution in [2.24, 2.45) is 0 Å². The first-order valence-corrected chi connectivity index (χ1v) is 6.82. The average molecular weight is 315 g/mol. The van der Waals surface area contributed by atoms with Crippen LogP contribution in [0.3, 0.4) is 0 Å². The molecule has 5 nitrogen and oxygen atoms in total. The summed E-state index contributed by atoms with van der Waals surface area (Å²) in [6, 6.07) is 14.3. The number of Topliss-reactive ketones (excluding diaryl/α,β-unsaturated/α-hetero) is 1. The smallest absolute Gasteiger partial charge is 0.269 e. The van der Waals surface area contributed by atoms with Crippen molar-refractivity contribution in [3.8, 4) is 6.07 Å². The number of carbonyl (C=O) groups excluding carboxylic acids is 1. The van der Waals surface area contributed by atoms with Gasteiger partial charge >= 0.3 is 0 Å². The number of ketones is 1. The topological polar surface area (TPSA) is 84.0 Å². The molecule has 1 atom stereocenters. The van der Waals surface area contributed by atoms with E-state index in [1.54, 1.807) is 24.3 Å². The Bertz CT molecular complexity index is 751. The summed E-state index contributed by atoms with van der Waals surface area (Å²) in [5.74, 6) is -0.919. The van der Waals surface area contributed by atoms with Crippen molar-refractivity contribution >= 4 is 23.1 Å². The molecule has 1 unspecified atom stereocenters. The standard InChI is InChI=1S/C16H11ClN2O3/c17-15-4-2-1-3-14(15)12(10-18)9-16(20)11-5-7-13(8-6-11)19(21)22/h1-8,12H,9H2. The summed E-state index contributed by atoms with van der Waals surface area (Å²) in [6.45, 7) is 0. The van der Waals surface area contributed by atoms with Crippen molar-refractivity contribution in [3.63, 3.8) is 0 Å². The highest BCUT2D eigenvalue weighted by atomic mass is 35.5. The lowest BCUT2D eigenvalue weighted by molar-refractivity contribution is -0.384. The van der Waals surface area contributed by atoms with E-state index in [1.165, 1.54) is 24.3 Å². The van der Waals surface area contributed by atoms with Crippen LogP contribution in [0.5, 0.6) is 0 Å². The molecule has 6 heteroatoms. The number of carbonyl (C=O) groups is 1. The summed E-state index contributed by atoms with van der Waals surface area (Å²) in [5, 5.41) is 20.3. The summed E-state index contributed by atoms with van der Waals surface area (Å²) in [5.41, 5.74) is 0.847. The van der Waals surface area contributed by atoms with Crippen molar-refractivity contribution in [1.29, 1.82) is 5.26 Å². The highest BCUT2D eigenvalue weighted by Crippen LogP contribution is 2.28. The second-order valence-corrected chi connectivity index (χ2v) is 5.04. The van der Waals surface area contributed by atoms with E-state index in [0.29, 0.717) is 16.1 Å². The van der Waals surface area contributed by atoms with Crippen LogP contribution in [-0.4, -0.2) is 10.7 Å². The average Bonchev–Trinajstić information content (AvgIpc) is 2.53. The second kappa shape index (κ2) is 6.83. The van der Waals surface area contributed by atoms with Crippen molar-refractivity contribution in [3.05, 3.63) is 74.8 Å². The van der Waals surface area contributed by atoms with Gasteiger partial charge in [-0.2, -0.15) is 5.26 Å². The second-order valence-electron chi connectivity index (χ2n) is 4.63. The van der Waals surface area contributed by atoms with Gasteiger partial charge in [-0.1, -0.05) is 29.8 Å². The van der Waals surface area contributed by atoms with E-state index in [4.69, 9.17) is 11.6 Å². The van der Waals surface area contributed by atoms with Crippen molar-refractivity contribution < 1.29 is 9.72 Å². The summed E-state index contributed by atoms with van der Waals surface area (Å²) >= 11 is 6.05. The maximum atomic E-state index is 12.2. The van der Waals surface area contributed by atoms with Gasteiger partial charge in [0.05, 0.1) is 16.9 Å². The Morgan fingerprint density at radius 1 is 1.23 bits per heavy atom. The predicted molar refractivity (Wildman–Crippen MR) is 81.8 cm³/mol. The first kappa shape index (κ1) is 15.7. The van der Waals surface area contributed by atoms with E-state index < -0.39 is 10.8 Å². The van der Waals surface area contributed by atoms with Crippen LogP contribution in [0.15, 0.2) is 48.5 Å². The van der Waals surface area contributed by atoms with Gasteiger partial charge in [-0.3, -0.25) is 14.9 Å². The molecule has 0 spiro atoms. The summed E-state index contributed by atoms with van der Waals surface area (Å²) in [7, 11) is 0. The van der Waals surface area contributed by atoms with Gasteiger partial charge in [-0.05, 0) is 23.8 Å².